The molecule has 0 fully saturated rings. The van der Waals surface area contributed by atoms with Crippen LogP contribution in [0.15, 0.2) is 24.3 Å². The zero-order valence-electron chi connectivity index (χ0n) is 55.3. The monoisotopic (exact) mass is 1260 g/mol. The van der Waals surface area contributed by atoms with Gasteiger partial charge in [0.05, 0.1) is 26.4 Å². The fourth-order valence-corrected chi connectivity index (χ4v) is 11.0. The van der Waals surface area contributed by atoms with Gasteiger partial charge in [0.15, 0.2) is 12.2 Å². The number of hydrogen-bond donors (Lipinski definition) is 3. The summed E-state index contributed by atoms with van der Waals surface area (Å²) < 4.78 is 68.0. The number of ether oxygens (including phenoxy) is 4. The van der Waals surface area contributed by atoms with Gasteiger partial charge in [0.2, 0.25) is 0 Å². The van der Waals surface area contributed by atoms with Gasteiger partial charge >= 0.3 is 39.5 Å². The van der Waals surface area contributed by atoms with Crippen LogP contribution in [0.5, 0.6) is 0 Å². The predicted molar refractivity (Wildman–Crippen MR) is 344 cm³/mol. The van der Waals surface area contributed by atoms with Gasteiger partial charge in [-0.1, -0.05) is 253 Å². The lowest BCUT2D eigenvalue weighted by atomic mass is 10.00. The average molecular weight is 1270 g/mol. The van der Waals surface area contributed by atoms with Crippen LogP contribution >= 0.6 is 15.6 Å². The Hall–Kier alpha value is -2.46. The van der Waals surface area contributed by atoms with Crippen molar-refractivity contribution in [2.24, 2.45) is 17.8 Å². The van der Waals surface area contributed by atoms with Gasteiger partial charge in [-0.25, -0.2) is 9.13 Å². The van der Waals surface area contributed by atoms with E-state index in [0.29, 0.717) is 31.6 Å². The van der Waals surface area contributed by atoms with Gasteiger partial charge in [0.1, 0.15) is 19.3 Å². The van der Waals surface area contributed by atoms with Gasteiger partial charge < -0.3 is 33.8 Å². The van der Waals surface area contributed by atoms with Gasteiger partial charge in [0, 0.05) is 25.7 Å². The van der Waals surface area contributed by atoms with E-state index in [2.05, 4.69) is 72.8 Å². The Bertz CT molecular complexity index is 1790. The summed E-state index contributed by atoms with van der Waals surface area (Å²) in [5.41, 5.74) is 0. The van der Waals surface area contributed by atoms with Gasteiger partial charge in [-0.05, 0) is 69.1 Å². The molecule has 3 N–H and O–H groups in total. The highest BCUT2D eigenvalue weighted by Gasteiger charge is 2.30. The summed E-state index contributed by atoms with van der Waals surface area (Å²) in [6.07, 6.45) is 42.7. The Morgan fingerprint density at radius 2 is 0.686 bits per heavy atom. The molecule has 0 aromatic heterocycles. The number of rotatable bonds is 63. The molecule has 0 saturated carbocycles. The summed E-state index contributed by atoms with van der Waals surface area (Å²) in [6.45, 7) is 11.6. The molecule has 0 aromatic rings. The summed E-state index contributed by atoms with van der Waals surface area (Å²) in [5.74, 6) is -0.0304. The molecule has 0 heterocycles. The van der Waals surface area contributed by atoms with Crippen molar-refractivity contribution in [2.45, 2.75) is 324 Å². The van der Waals surface area contributed by atoms with E-state index in [1.165, 1.54) is 96.3 Å². The quantitative estimate of drug-likeness (QED) is 0.0169. The zero-order valence-corrected chi connectivity index (χ0v) is 57.0. The molecule has 0 aromatic carbocycles. The number of carbonyl (C=O) groups excluding carboxylic acids is 4. The number of esters is 4. The Balaban J connectivity index is 5.27. The number of aliphatic hydroxyl groups is 1. The number of unbranched alkanes of at least 4 members (excludes halogenated alkanes) is 27. The van der Waals surface area contributed by atoms with Gasteiger partial charge in [0.25, 0.3) is 0 Å². The number of carbonyl (C=O) groups is 4. The highest BCUT2D eigenvalue weighted by Crippen LogP contribution is 2.45. The first-order valence-electron chi connectivity index (χ1n) is 34.2. The lowest BCUT2D eigenvalue weighted by Crippen LogP contribution is -2.30. The van der Waals surface area contributed by atoms with E-state index in [1.54, 1.807) is 0 Å². The largest absolute Gasteiger partial charge is 0.472 e. The van der Waals surface area contributed by atoms with E-state index in [9.17, 15) is 43.2 Å². The second kappa shape index (κ2) is 57.7. The smallest absolute Gasteiger partial charge is 0.462 e. The lowest BCUT2D eigenvalue weighted by molar-refractivity contribution is -0.161. The molecule has 86 heavy (non-hydrogen) atoms. The summed E-state index contributed by atoms with van der Waals surface area (Å²) in [4.78, 5) is 72.3. The molecule has 0 aliphatic carbocycles. The third kappa shape index (κ3) is 59.2. The minimum atomic E-state index is -4.96. The first-order valence-corrected chi connectivity index (χ1v) is 37.2. The van der Waals surface area contributed by atoms with Crippen LogP contribution in [0, 0.1) is 17.8 Å². The molecule has 0 aliphatic heterocycles. The molecular weight excluding hydrogens is 1140 g/mol. The van der Waals surface area contributed by atoms with Crippen molar-refractivity contribution in [2.75, 3.05) is 39.6 Å². The Morgan fingerprint density at radius 1 is 0.384 bits per heavy atom. The molecule has 0 rings (SSSR count). The number of hydrogen-bond acceptors (Lipinski definition) is 15. The Labute approximate surface area is 522 Å². The van der Waals surface area contributed by atoms with Crippen LogP contribution in [0.25, 0.3) is 0 Å². The second-order valence-electron chi connectivity index (χ2n) is 24.7. The molecule has 0 spiro atoms. The lowest BCUT2D eigenvalue weighted by Gasteiger charge is -2.21. The van der Waals surface area contributed by atoms with Crippen LogP contribution in [0.1, 0.15) is 305 Å². The first kappa shape index (κ1) is 83.5. The highest BCUT2D eigenvalue weighted by molar-refractivity contribution is 7.47. The molecule has 506 valence electrons. The van der Waals surface area contributed by atoms with Crippen LogP contribution in [-0.2, 0) is 65.4 Å². The van der Waals surface area contributed by atoms with E-state index in [0.717, 1.165) is 121 Å². The van der Waals surface area contributed by atoms with E-state index < -0.39 is 97.5 Å². The molecule has 19 heteroatoms. The van der Waals surface area contributed by atoms with Crippen molar-refractivity contribution < 1.29 is 80.2 Å². The predicted octanol–water partition coefficient (Wildman–Crippen LogP) is 18.2. The third-order valence-corrected chi connectivity index (χ3v) is 17.0. The van der Waals surface area contributed by atoms with Crippen LogP contribution in [0.3, 0.4) is 0 Å². The van der Waals surface area contributed by atoms with E-state index in [4.69, 9.17) is 37.0 Å². The molecule has 0 radical (unpaired) electrons. The van der Waals surface area contributed by atoms with E-state index in [-0.39, 0.29) is 25.7 Å². The summed E-state index contributed by atoms with van der Waals surface area (Å²) in [6, 6.07) is 0. The minimum absolute atomic E-state index is 0.0832. The first-order chi connectivity index (χ1) is 41.3. The maximum atomic E-state index is 13.0. The SMILES string of the molecule is CCCCCC/C=C\C=C/CCCCCCCC(=O)O[C@H](COC(=O)CCCCCCCCC(C)C)COP(=O)(O)OC[C@H](O)COP(=O)(O)OC[C@@H](COC(=O)CCCCCCCCCCCC(C)C)OC(=O)CCCCCCCCC(C)CC. The number of allylic oxidation sites excluding steroid dienone is 4. The van der Waals surface area contributed by atoms with Crippen molar-refractivity contribution in [3.63, 3.8) is 0 Å². The minimum Gasteiger partial charge on any atom is -0.462 e. The van der Waals surface area contributed by atoms with Crippen molar-refractivity contribution in [3.05, 3.63) is 24.3 Å². The summed E-state index contributed by atoms with van der Waals surface area (Å²) >= 11 is 0. The number of phosphoric ester groups is 2. The fourth-order valence-electron chi connectivity index (χ4n) is 9.44. The molecule has 3 unspecified atom stereocenters. The van der Waals surface area contributed by atoms with Crippen LogP contribution in [-0.4, -0.2) is 96.7 Å². The Morgan fingerprint density at radius 3 is 1.03 bits per heavy atom. The maximum absolute atomic E-state index is 13.0. The van der Waals surface area contributed by atoms with Crippen molar-refractivity contribution in [3.8, 4) is 0 Å². The van der Waals surface area contributed by atoms with Crippen LogP contribution < -0.4 is 0 Å². The third-order valence-electron chi connectivity index (χ3n) is 15.1. The number of phosphoric acid groups is 2. The molecule has 0 bridgehead atoms. The number of aliphatic hydroxyl groups excluding tert-OH is 1. The molecule has 0 saturated heterocycles. The summed E-state index contributed by atoms with van der Waals surface area (Å²) in [5, 5.41) is 10.5. The van der Waals surface area contributed by atoms with Crippen molar-refractivity contribution in [1.29, 1.82) is 0 Å². The van der Waals surface area contributed by atoms with Gasteiger partial charge in [-0.3, -0.25) is 37.3 Å². The maximum Gasteiger partial charge on any atom is 0.472 e. The van der Waals surface area contributed by atoms with E-state index in [1.807, 2.05) is 0 Å². The van der Waals surface area contributed by atoms with Gasteiger partial charge in [-0.15, -0.1) is 0 Å². The van der Waals surface area contributed by atoms with Crippen molar-refractivity contribution >= 4 is 39.5 Å². The summed E-state index contributed by atoms with van der Waals surface area (Å²) in [7, 11) is -9.91. The average Bonchev–Trinajstić information content (AvgIpc) is 3.58. The standard InChI is InChI=1S/C67H126O17P2/c1-8-10-11-12-13-14-15-16-17-18-19-22-26-36-43-50-66(71)83-62(55-78-65(70)49-42-35-29-27-32-39-46-59(5)6)56-81-85(73,74)79-52-61(68)53-80-86(75,76)82-57-63(84-67(72)51-44-37-30-28-33-40-47-60(7)9-2)54-77-64(69)48-41-34-25-23-20-21-24-31-38-45-58(3)4/h14-17,58-63,68H,8-13,18-57H2,1-7H3,(H,73,74)(H,75,76)/b15-14-,17-16-/t60?,61-,62+,63+/m0/s1. The molecule has 17 nitrogen and oxygen atoms in total. The normalized spacial score (nSPS) is 14.8. The van der Waals surface area contributed by atoms with Gasteiger partial charge in [-0.2, -0.15) is 0 Å². The second-order valence-corrected chi connectivity index (χ2v) is 27.6. The molecule has 0 aliphatic rings. The highest BCUT2D eigenvalue weighted by atomic mass is 31.2. The molecule has 0 amide bonds. The van der Waals surface area contributed by atoms with Crippen molar-refractivity contribution in [1.82, 2.24) is 0 Å². The topological polar surface area (TPSA) is 237 Å². The van der Waals surface area contributed by atoms with Crippen LogP contribution in [0.2, 0.25) is 0 Å². The molecular formula is C67H126O17P2. The Kier molecular flexibility index (Phi) is 56.0. The molecule has 6 atom stereocenters. The van der Waals surface area contributed by atoms with Crippen LogP contribution in [0.4, 0.5) is 0 Å². The zero-order chi connectivity index (χ0) is 63.8. The fraction of sp³-hybridized carbons (Fsp3) is 0.881. The van der Waals surface area contributed by atoms with E-state index >= 15 is 0 Å².